The van der Waals surface area contributed by atoms with Crippen molar-refractivity contribution in [2.45, 2.75) is 13.8 Å². The van der Waals surface area contributed by atoms with Crippen molar-refractivity contribution in [3.05, 3.63) is 40.9 Å². The second-order valence-corrected chi connectivity index (χ2v) is 5.70. The fraction of sp³-hybridized carbons (Fsp3) is 0.267. The first kappa shape index (κ1) is 16.0. The number of hydrogen-bond acceptors (Lipinski definition) is 5. The zero-order valence-corrected chi connectivity index (χ0v) is 13.2. The molecule has 0 fully saturated rings. The molecule has 0 aliphatic rings. The molecular formula is C15H17N3O3S. The molecular weight excluding hydrogens is 302 g/mol. The molecule has 7 heteroatoms. The molecule has 2 aromatic rings. The maximum atomic E-state index is 11.9. The highest BCUT2D eigenvalue weighted by Gasteiger charge is 2.09. The van der Waals surface area contributed by atoms with Crippen LogP contribution in [0, 0.1) is 6.92 Å². The predicted octanol–water partition coefficient (Wildman–Crippen LogP) is 2.22. The van der Waals surface area contributed by atoms with Crippen molar-refractivity contribution in [1.82, 2.24) is 10.3 Å². The first-order valence-corrected chi connectivity index (χ1v) is 7.63. The lowest BCUT2D eigenvalue weighted by Gasteiger charge is -2.06. The SMILES string of the molecule is CCOc1ccc(C(=O)NCC(=O)Nc2ncc(C)s2)cc1. The monoisotopic (exact) mass is 319 g/mol. The largest absolute Gasteiger partial charge is 0.494 e. The summed E-state index contributed by atoms with van der Waals surface area (Å²) >= 11 is 1.38. The van der Waals surface area contributed by atoms with Gasteiger partial charge in [0.25, 0.3) is 5.91 Å². The Hall–Kier alpha value is -2.41. The van der Waals surface area contributed by atoms with E-state index in [1.165, 1.54) is 11.3 Å². The molecule has 116 valence electrons. The van der Waals surface area contributed by atoms with Gasteiger partial charge in [-0.25, -0.2) is 4.98 Å². The van der Waals surface area contributed by atoms with Gasteiger partial charge in [-0.15, -0.1) is 11.3 Å². The molecule has 0 saturated heterocycles. The summed E-state index contributed by atoms with van der Waals surface area (Å²) in [6.45, 7) is 4.26. The molecule has 0 saturated carbocycles. The standard InChI is InChI=1S/C15H17N3O3S/c1-3-21-12-6-4-11(5-7-12)14(20)16-9-13(19)18-15-17-8-10(2)22-15/h4-8H,3,9H2,1-2H3,(H,16,20)(H,17,18,19). The molecule has 22 heavy (non-hydrogen) atoms. The van der Waals surface area contributed by atoms with Crippen LogP contribution >= 0.6 is 11.3 Å². The summed E-state index contributed by atoms with van der Waals surface area (Å²) in [5.74, 6) is 0.0816. The van der Waals surface area contributed by atoms with E-state index in [1.54, 1.807) is 30.5 Å². The van der Waals surface area contributed by atoms with Crippen molar-refractivity contribution in [2.24, 2.45) is 0 Å². The summed E-state index contributed by atoms with van der Waals surface area (Å²) in [4.78, 5) is 28.7. The van der Waals surface area contributed by atoms with Gasteiger partial charge >= 0.3 is 0 Å². The fourth-order valence-electron chi connectivity index (χ4n) is 1.71. The Balaban J connectivity index is 1.82. The summed E-state index contributed by atoms with van der Waals surface area (Å²) < 4.78 is 5.31. The molecule has 0 spiro atoms. The molecule has 1 aromatic carbocycles. The van der Waals surface area contributed by atoms with Crippen molar-refractivity contribution >= 4 is 28.3 Å². The molecule has 2 amide bonds. The average Bonchev–Trinajstić information content (AvgIpc) is 2.91. The molecule has 0 bridgehead atoms. The first-order chi connectivity index (χ1) is 10.6. The van der Waals surface area contributed by atoms with Crippen molar-refractivity contribution < 1.29 is 14.3 Å². The number of thiazole rings is 1. The highest BCUT2D eigenvalue weighted by Crippen LogP contribution is 2.16. The molecule has 1 aromatic heterocycles. The van der Waals surface area contributed by atoms with Crippen LogP contribution in [-0.2, 0) is 4.79 Å². The molecule has 1 heterocycles. The Labute approximate surface area is 132 Å². The topological polar surface area (TPSA) is 80.3 Å². The van der Waals surface area contributed by atoms with Crippen molar-refractivity contribution in [1.29, 1.82) is 0 Å². The van der Waals surface area contributed by atoms with Gasteiger partial charge < -0.3 is 15.4 Å². The maximum absolute atomic E-state index is 11.9. The average molecular weight is 319 g/mol. The van der Waals surface area contributed by atoms with Gasteiger partial charge in [0.15, 0.2) is 5.13 Å². The predicted molar refractivity (Wildman–Crippen MR) is 85.4 cm³/mol. The van der Waals surface area contributed by atoms with Crippen LogP contribution in [0.4, 0.5) is 5.13 Å². The number of aryl methyl sites for hydroxylation is 1. The van der Waals surface area contributed by atoms with Crippen LogP contribution in [0.5, 0.6) is 5.75 Å². The Morgan fingerprint density at radius 2 is 2.00 bits per heavy atom. The number of amides is 2. The first-order valence-electron chi connectivity index (χ1n) is 6.82. The van der Waals surface area contributed by atoms with Gasteiger partial charge in [0, 0.05) is 16.6 Å². The quantitative estimate of drug-likeness (QED) is 0.855. The van der Waals surface area contributed by atoms with E-state index < -0.39 is 0 Å². The maximum Gasteiger partial charge on any atom is 0.251 e. The number of aromatic nitrogens is 1. The van der Waals surface area contributed by atoms with E-state index in [4.69, 9.17) is 4.74 Å². The summed E-state index contributed by atoms with van der Waals surface area (Å²) in [5, 5.41) is 5.72. The lowest BCUT2D eigenvalue weighted by Crippen LogP contribution is -2.32. The van der Waals surface area contributed by atoms with E-state index in [0.29, 0.717) is 23.1 Å². The smallest absolute Gasteiger partial charge is 0.251 e. The molecule has 0 radical (unpaired) electrons. The normalized spacial score (nSPS) is 10.1. The third-order valence-corrected chi connectivity index (χ3v) is 3.53. The number of rotatable bonds is 6. The number of benzene rings is 1. The Morgan fingerprint density at radius 3 is 2.59 bits per heavy atom. The number of carbonyl (C=O) groups is 2. The molecule has 2 rings (SSSR count). The molecule has 2 N–H and O–H groups in total. The lowest BCUT2D eigenvalue weighted by molar-refractivity contribution is -0.115. The van der Waals surface area contributed by atoms with E-state index in [9.17, 15) is 9.59 Å². The highest BCUT2D eigenvalue weighted by molar-refractivity contribution is 7.15. The minimum absolute atomic E-state index is 0.106. The number of hydrogen-bond donors (Lipinski definition) is 2. The van der Waals surface area contributed by atoms with Crippen LogP contribution in [0.1, 0.15) is 22.2 Å². The minimum Gasteiger partial charge on any atom is -0.494 e. The van der Waals surface area contributed by atoms with Crippen LogP contribution in [-0.4, -0.2) is 29.9 Å². The number of nitrogens with zero attached hydrogens (tertiary/aromatic N) is 1. The van der Waals surface area contributed by atoms with Gasteiger partial charge in [-0.05, 0) is 38.1 Å². The van der Waals surface area contributed by atoms with Gasteiger partial charge in [-0.1, -0.05) is 0 Å². The summed E-state index contributed by atoms with van der Waals surface area (Å²) in [6.07, 6.45) is 1.68. The third kappa shape index (κ3) is 4.56. The van der Waals surface area contributed by atoms with E-state index in [1.807, 2.05) is 13.8 Å². The van der Waals surface area contributed by atoms with Crippen LogP contribution in [0.25, 0.3) is 0 Å². The number of ether oxygens (including phenoxy) is 1. The van der Waals surface area contributed by atoms with E-state index in [2.05, 4.69) is 15.6 Å². The van der Waals surface area contributed by atoms with Gasteiger partial charge in [0.1, 0.15) is 5.75 Å². The second-order valence-electron chi connectivity index (χ2n) is 4.46. The number of anilines is 1. The lowest BCUT2D eigenvalue weighted by atomic mass is 10.2. The van der Waals surface area contributed by atoms with Crippen molar-refractivity contribution in [3.8, 4) is 5.75 Å². The zero-order chi connectivity index (χ0) is 15.9. The Bertz CT molecular complexity index is 652. The van der Waals surface area contributed by atoms with E-state index >= 15 is 0 Å². The molecule has 6 nitrogen and oxygen atoms in total. The molecule has 0 aliphatic heterocycles. The van der Waals surface area contributed by atoms with E-state index in [0.717, 1.165) is 4.88 Å². The summed E-state index contributed by atoms with van der Waals surface area (Å²) in [5.41, 5.74) is 0.473. The third-order valence-electron chi connectivity index (χ3n) is 2.70. The zero-order valence-electron chi connectivity index (χ0n) is 12.4. The van der Waals surface area contributed by atoms with Gasteiger partial charge in [-0.2, -0.15) is 0 Å². The van der Waals surface area contributed by atoms with Crippen LogP contribution < -0.4 is 15.4 Å². The van der Waals surface area contributed by atoms with Crippen LogP contribution in [0.3, 0.4) is 0 Å². The van der Waals surface area contributed by atoms with Gasteiger partial charge in [0.05, 0.1) is 13.2 Å². The molecule has 0 aliphatic carbocycles. The molecule has 0 atom stereocenters. The molecule has 0 unspecified atom stereocenters. The minimum atomic E-state index is -0.312. The van der Waals surface area contributed by atoms with Crippen molar-refractivity contribution in [3.63, 3.8) is 0 Å². The summed E-state index contributed by atoms with van der Waals surface area (Å²) in [6, 6.07) is 6.75. The highest BCUT2D eigenvalue weighted by atomic mass is 32.1. The Morgan fingerprint density at radius 1 is 1.27 bits per heavy atom. The number of nitrogens with one attached hydrogen (secondary N) is 2. The summed E-state index contributed by atoms with van der Waals surface area (Å²) in [7, 11) is 0. The van der Waals surface area contributed by atoms with Gasteiger partial charge in [-0.3, -0.25) is 9.59 Å². The Kier molecular flexibility index (Phi) is 5.48. The van der Waals surface area contributed by atoms with Crippen LogP contribution in [0.15, 0.2) is 30.5 Å². The second kappa shape index (κ2) is 7.56. The van der Waals surface area contributed by atoms with Crippen LogP contribution in [0.2, 0.25) is 0 Å². The van der Waals surface area contributed by atoms with Gasteiger partial charge in [0.2, 0.25) is 5.91 Å². The fourth-order valence-corrected chi connectivity index (χ4v) is 2.39. The number of carbonyl (C=O) groups excluding carboxylic acids is 2. The van der Waals surface area contributed by atoms with E-state index in [-0.39, 0.29) is 18.4 Å². The van der Waals surface area contributed by atoms with Crippen molar-refractivity contribution in [2.75, 3.05) is 18.5 Å².